The molecule has 0 bridgehead atoms. The van der Waals surface area contributed by atoms with Crippen LogP contribution in [0.3, 0.4) is 0 Å². The van der Waals surface area contributed by atoms with Crippen molar-refractivity contribution in [1.82, 2.24) is 0 Å². The summed E-state index contributed by atoms with van der Waals surface area (Å²) in [5.41, 5.74) is 0.653. The topological polar surface area (TPSA) is 123 Å². The minimum Gasteiger partial charge on any atom is -0.387 e. The normalized spacial score (nSPS) is 32.5. The van der Waals surface area contributed by atoms with Gasteiger partial charge in [0.1, 0.15) is 24.4 Å². The molecule has 1 unspecified atom stereocenters. The van der Waals surface area contributed by atoms with E-state index in [9.17, 15) is 23.7 Å². The van der Waals surface area contributed by atoms with Gasteiger partial charge in [-0.1, -0.05) is 17.7 Å². The van der Waals surface area contributed by atoms with E-state index in [0.717, 1.165) is 0 Å². The van der Waals surface area contributed by atoms with Crippen molar-refractivity contribution in [2.75, 3.05) is 13.7 Å². The average Bonchev–Trinajstić information content (AvgIpc) is 2.59. The molecule has 0 radical (unpaired) electrons. The molecule has 2 rings (SSSR count). The SMILES string of the molecule is [2H]Cc1ccc(S(=O)(=O)OC[C@H]2OC(OC)[C@H](O)[C@@H](O)[C@@H]2O)cc1. The van der Waals surface area contributed by atoms with Crippen LogP contribution in [0.2, 0.25) is 0 Å². The molecule has 1 saturated heterocycles. The first-order valence-electron chi connectivity index (χ1n) is 7.51. The molecule has 5 atom stereocenters. The number of methoxy groups -OCH3 is 1. The van der Waals surface area contributed by atoms with Crippen LogP contribution in [0.5, 0.6) is 0 Å². The van der Waals surface area contributed by atoms with E-state index < -0.39 is 47.4 Å². The Morgan fingerprint density at radius 1 is 1.17 bits per heavy atom. The van der Waals surface area contributed by atoms with Crippen molar-refractivity contribution in [2.45, 2.75) is 42.5 Å². The van der Waals surface area contributed by atoms with E-state index in [0.29, 0.717) is 5.56 Å². The number of aryl methyl sites for hydroxylation is 1. The summed E-state index contributed by atoms with van der Waals surface area (Å²) in [5.74, 6) is 0. The van der Waals surface area contributed by atoms with Crippen molar-refractivity contribution in [1.29, 1.82) is 0 Å². The zero-order chi connectivity index (χ0) is 17.9. The van der Waals surface area contributed by atoms with Crippen molar-refractivity contribution in [3.63, 3.8) is 0 Å². The van der Waals surface area contributed by atoms with E-state index in [1.807, 2.05) is 0 Å². The summed E-state index contributed by atoms with van der Waals surface area (Å²) < 4.78 is 46.4. The molecule has 0 aliphatic carbocycles. The van der Waals surface area contributed by atoms with Crippen LogP contribution < -0.4 is 0 Å². The molecule has 1 aromatic carbocycles. The first-order chi connectivity index (χ1) is 11.3. The summed E-state index contributed by atoms with van der Waals surface area (Å²) in [5, 5.41) is 29.3. The highest BCUT2D eigenvalue weighted by molar-refractivity contribution is 7.86. The third kappa shape index (κ3) is 4.07. The van der Waals surface area contributed by atoms with E-state index in [-0.39, 0.29) is 11.8 Å². The number of ether oxygens (including phenoxy) is 2. The third-order valence-electron chi connectivity index (χ3n) is 3.50. The zero-order valence-electron chi connectivity index (χ0n) is 13.4. The maximum absolute atomic E-state index is 12.1. The second kappa shape index (κ2) is 7.22. The van der Waals surface area contributed by atoms with E-state index in [1.165, 1.54) is 31.4 Å². The second-order valence-corrected chi connectivity index (χ2v) is 6.75. The highest BCUT2D eigenvalue weighted by Gasteiger charge is 2.44. The maximum atomic E-state index is 12.1. The van der Waals surface area contributed by atoms with Gasteiger partial charge >= 0.3 is 0 Å². The van der Waals surface area contributed by atoms with Crippen molar-refractivity contribution in [2.24, 2.45) is 0 Å². The van der Waals surface area contributed by atoms with E-state index in [1.54, 1.807) is 0 Å². The Kier molecular flexibility index (Phi) is 5.27. The summed E-state index contributed by atoms with van der Waals surface area (Å²) in [6.45, 7) is -0.532. The quantitative estimate of drug-likeness (QED) is 0.588. The number of hydrogen-bond donors (Lipinski definition) is 3. The minimum atomic E-state index is -4.10. The number of aliphatic hydroxyl groups excluding tert-OH is 3. The molecule has 9 heteroatoms. The number of aliphatic hydroxyl groups is 3. The summed E-state index contributed by atoms with van der Waals surface area (Å²) in [4.78, 5) is -0.103. The molecule has 130 valence electrons. The zero-order valence-corrected chi connectivity index (χ0v) is 13.2. The Balaban J connectivity index is 2.05. The largest absolute Gasteiger partial charge is 0.387 e. The van der Waals surface area contributed by atoms with E-state index in [2.05, 4.69) is 0 Å². The first-order valence-corrected chi connectivity index (χ1v) is 8.21. The van der Waals surface area contributed by atoms with Crippen LogP contribution in [0, 0.1) is 6.90 Å². The molecule has 0 spiro atoms. The van der Waals surface area contributed by atoms with Crippen LogP contribution in [0.25, 0.3) is 0 Å². The summed E-state index contributed by atoms with van der Waals surface area (Å²) in [7, 11) is -2.86. The Morgan fingerprint density at radius 2 is 1.83 bits per heavy atom. The van der Waals surface area contributed by atoms with Crippen LogP contribution in [0.15, 0.2) is 29.2 Å². The van der Waals surface area contributed by atoms with Gasteiger partial charge in [-0.15, -0.1) is 0 Å². The lowest BCUT2D eigenvalue weighted by Crippen LogP contribution is -2.59. The number of rotatable bonds is 5. The van der Waals surface area contributed by atoms with Gasteiger partial charge in [0.2, 0.25) is 0 Å². The Bertz CT molecular complexity index is 633. The molecule has 8 nitrogen and oxygen atoms in total. The molecule has 23 heavy (non-hydrogen) atoms. The second-order valence-electron chi connectivity index (χ2n) is 5.13. The lowest BCUT2D eigenvalue weighted by molar-refractivity contribution is -0.293. The third-order valence-corrected chi connectivity index (χ3v) is 4.80. The molecule has 1 heterocycles. The number of benzene rings is 1. The fraction of sp³-hybridized carbons (Fsp3) is 0.571. The van der Waals surface area contributed by atoms with Gasteiger partial charge in [-0.25, -0.2) is 0 Å². The first kappa shape index (κ1) is 16.8. The van der Waals surface area contributed by atoms with Crippen molar-refractivity contribution >= 4 is 10.1 Å². The highest BCUT2D eigenvalue weighted by Crippen LogP contribution is 2.23. The van der Waals surface area contributed by atoms with Crippen LogP contribution in [-0.2, 0) is 23.8 Å². The molecule has 1 aliphatic rings. The van der Waals surface area contributed by atoms with Gasteiger partial charge in [0.25, 0.3) is 10.1 Å². The van der Waals surface area contributed by atoms with Gasteiger partial charge in [-0.05, 0) is 19.0 Å². The van der Waals surface area contributed by atoms with Crippen LogP contribution in [-0.4, -0.2) is 68.2 Å². The minimum absolute atomic E-state index is 0.0297. The van der Waals surface area contributed by atoms with Gasteiger partial charge < -0.3 is 24.8 Å². The van der Waals surface area contributed by atoms with Gasteiger partial charge in [-0.3, -0.25) is 4.18 Å². The van der Waals surface area contributed by atoms with Gasteiger partial charge in [0.15, 0.2) is 6.29 Å². The molecule has 0 saturated carbocycles. The Morgan fingerprint density at radius 3 is 2.39 bits per heavy atom. The molecule has 3 N–H and O–H groups in total. The summed E-state index contributed by atoms with van der Waals surface area (Å²) in [6.07, 6.45) is -6.97. The van der Waals surface area contributed by atoms with Crippen LogP contribution in [0.1, 0.15) is 6.93 Å². The molecular weight excluding hydrogens is 328 g/mol. The predicted molar refractivity (Wildman–Crippen MR) is 78.0 cm³/mol. The van der Waals surface area contributed by atoms with E-state index in [4.69, 9.17) is 15.0 Å². The van der Waals surface area contributed by atoms with E-state index >= 15 is 0 Å². The number of hydrogen-bond acceptors (Lipinski definition) is 8. The van der Waals surface area contributed by atoms with Gasteiger partial charge in [-0.2, -0.15) is 8.42 Å². The lowest BCUT2D eigenvalue weighted by atomic mass is 9.99. The van der Waals surface area contributed by atoms with Crippen molar-refractivity contribution < 1.29 is 38.8 Å². The predicted octanol–water partition coefficient (Wildman–Crippen LogP) is -0.846. The summed E-state index contributed by atoms with van der Waals surface area (Å²) >= 11 is 0. The van der Waals surface area contributed by atoms with Crippen LogP contribution >= 0.6 is 0 Å². The van der Waals surface area contributed by atoms with Gasteiger partial charge in [0.05, 0.1) is 11.5 Å². The molecule has 1 aromatic rings. The van der Waals surface area contributed by atoms with Crippen molar-refractivity contribution in [3.8, 4) is 0 Å². The Hall–Kier alpha value is -1.07. The van der Waals surface area contributed by atoms with Crippen LogP contribution in [0.4, 0.5) is 0 Å². The molecule has 0 aromatic heterocycles. The monoisotopic (exact) mass is 349 g/mol. The van der Waals surface area contributed by atoms with Crippen molar-refractivity contribution in [3.05, 3.63) is 29.8 Å². The fourth-order valence-electron chi connectivity index (χ4n) is 2.13. The smallest absolute Gasteiger partial charge is 0.297 e. The summed E-state index contributed by atoms with van der Waals surface area (Å²) in [6, 6.07) is 5.62. The average molecular weight is 349 g/mol. The Labute approximate surface area is 135 Å². The highest BCUT2D eigenvalue weighted by atomic mass is 32.2. The molecular formula is C14H20O8S. The molecule has 1 aliphatic heterocycles. The lowest BCUT2D eigenvalue weighted by Gasteiger charge is -2.39. The van der Waals surface area contributed by atoms with Gasteiger partial charge in [0, 0.05) is 8.48 Å². The maximum Gasteiger partial charge on any atom is 0.297 e. The fourth-order valence-corrected chi connectivity index (χ4v) is 3.05. The molecule has 1 fully saturated rings. The standard InChI is InChI=1S/C14H20O8S/c1-8-3-5-9(6-4-8)23(18,19)21-7-10-11(15)12(16)13(17)14(20-2)22-10/h3-6,10-17H,7H2,1-2H3/t10-,11-,12+,13-,14?/m1/s1/i1D. The molecule has 0 amide bonds.